The van der Waals surface area contributed by atoms with E-state index in [1.165, 1.54) is 11.3 Å². The van der Waals surface area contributed by atoms with Crippen LogP contribution in [0.2, 0.25) is 0 Å². The van der Waals surface area contributed by atoms with E-state index in [0.717, 1.165) is 0 Å². The summed E-state index contributed by atoms with van der Waals surface area (Å²) in [6.45, 7) is 4.52. The number of carbonyl (C=O) groups excluding carboxylic acids is 1. The summed E-state index contributed by atoms with van der Waals surface area (Å²) >= 11 is 1.34. The number of likely N-dealkylation sites (N-methyl/N-ethyl adjacent to an activating group) is 1. The van der Waals surface area contributed by atoms with Crippen LogP contribution in [0.5, 0.6) is 0 Å². The van der Waals surface area contributed by atoms with Crippen LogP contribution in [-0.2, 0) is 4.79 Å². The molecule has 2 N–H and O–H groups in total. The van der Waals surface area contributed by atoms with Crippen molar-refractivity contribution in [1.82, 2.24) is 4.90 Å². The predicted molar refractivity (Wildman–Crippen MR) is 76.1 cm³/mol. The number of nitriles is 1. The second-order valence-electron chi connectivity index (χ2n) is 5.12. The average Bonchev–Trinajstić information content (AvgIpc) is 2.71. The Bertz CT molecular complexity index is 471. The van der Waals surface area contributed by atoms with Gasteiger partial charge in [-0.1, -0.05) is 0 Å². The van der Waals surface area contributed by atoms with Gasteiger partial charge in [0.15, 0.2) is 0 Å². The first kappa shape index (κ1) is 15.6. The Morgan fingerprint density at radius 1 is 1.63 bits per heavy atom. The molecule has 1 heterocycles. The van der Waals surface area contributed by atoms with Crippen molar-refractivity contribution in [1.29, 1.82) is 5.26 Å². The van der Waals surface area contributed by atoms with Crippen LogP contribution in [0.3, 0.4) is 0 Å². The standard InChI is InChI=1S/C13H19N3O2S/c1-13(2,18)9-16(3)6-4-11(17)15-12-10(8-14)5-7-19-12/h5,7,18H,4,6,9H2,1-3H3,(H,15,17). The normalized spacial score (nSPS) is 11.4. The highest BCUT2D eigenvalue weighted by atomic mass is 32.1. The highest BCUT2D eigenvalue weighted by Crippen LogP contribution is 2.22. The van der Waals surface area contributed by atoms with E-state index in [4.69, 9.17) is 5.26 Å². The molecule has 19 heavy (non-hydrogen) atoms. The largest absolute Gasteiger partial charge is 0.389 e. The molecule has 0 aliphatic rings. The van der Waals surface area contributed by atoms with Crippen molar-refractivity contribution < 1.29 is 9.90 Å². The molecule has 6 heteroatoms. The molecule has 0 fully saturated rings. The number of hydrogen-bond donors (Lipinski definition) is 2. The Labute approximate surface area is 117 Å². The van der Waals surface area contributed by atoms with Gasteiger partial charge in [-0.05, 0) is 32.3 Å². The molecule has 5 nitrogen and oxygen atoms in total. The highest BCUT2D eigenvalue weighted by molar-refractivity contribution is 7.14. The molecule has 0 atom stereocenters. The van der Waals surface area contributed by atoms with Crippen LogP contribution in [0.25, 0.3) is 0 Å². The molecule has 0 spiro atoms. The van der Waals surface area contributed by atoms with Gasteiger partial charge >= 0.3 is 0 Å². The molecule has 0 saturated carbocycles. The molecule has 0 aromatic carbocycles. The summed E-state index contributed by atoms with van der Waals surface area (Å²) in [4.78, 5) is 13.6. The quantitative estimate of drug-likeness (QED) is 0.831. The Balaban J connectivity index is 2.39. The van der Waals surface area contributed by atoms with Crippen molar-refractivity contribution in [2.45, 2.75) is 25.9 Å². The topological polar surface area (TPSA) is 76.4 Å². The summed E-state index contributed by atoms with van der Waals surface area (Å²) in [6.07, 6.45) is 0.329. The van der Waals surface area contributed by atoms with Crippen molar-refractivity contribution in [3.05, 3.63) is 17.0 Å². The summed E-state index contributed by atoms with van der Waals surface area (Å²) in [5.41, 5.74) is -0.282. The molecule has 1 rings (SSSR count). The molecule has 0 aliphatic carbocycles. The fourth-order valence-electron chi connectivity index (χ4n) is 1.72. The molecular formula is C13H19N3O2S. The van der Waals surface area contributed by atoms with Crippen molar-refractivity contribution >= 4 is 22.2 Å². The van der Waals surface area contributed by atoms with Gasteiger partial charge in [0.25, 0.3) is 0 Å². The number of amides is 1. The van der Waals surface area contributed by atoms with E-state index in [9.17, 15) is 9.90 Å². The summed E-state index contributed by atoms with van der Waals surface area (Å²) in [7, 11) is 1.86. The lowest BCUT2D eigenvalue weighted by atomic mass is 10.1. The third-order valence-electron chi connectivity index (χ3n) is 2.42. The van der Waals surface area contributed by atoms with E-state index in [0.29, 0.717) is 30.1 Å². The number of hydrogen-bond acceptors (Lipinski definition) is 5. The van der Waals surface area contributed by atoms with Crippen molar-refractivity contribution in [2.24, 2.45) is 0 Å². The Hall–Kier alpha value is -1.42. The first-order chi connectivity index (χ1) is 8.81. The molecule has 0 radical (unpaired) electrons. The van der Waals surface area contributed by atoms with Crippen LogP contribution in [0.1, 0.15) is 25.8 Å². The van der Waals surface area contributed by atoms with Gasteiger partial charge in [-0.15, -0.1) is 11.3 Å². The molecule has 0 aliphatic heterocycles. The molecule has 1 amide bonds. The van der Waals surface area contributed by atoms with Crippen LogP contribution in [0, 0.1) is 11.3 Å². The molecule has 1 aromatic heterocycles. The maximum atomic E-state index is 11.7. The minimum atomic E-state index is -0.771. The summed E-state index contributed by atoms with van der Waals surface area (Å²) in [5.74, 6) is -0.124. The van der Waals surface area contributed by atoms with Crippen LogP contribution in [0.4, 0.5) is 5.00 Å². The van der Waals surface area contributed by atoms with Gasteiger partial charge in [-0.25, -0.2) is 0 Å². The van der Waals surface area contributed by atoms with E-state index in [-0.39, 0.29) is 5.91 Å². The van der Waals surface area contributed by atoms with Gasteiger partial charge < -0.3 is 15.3 Å². The van der Waals surface area contributed by atoms with Crippen molar-refractivity contribution in [2.75, 3.05) is 25.5 Å². The Morgan fingerprint density at radius 2 is 2.32 bits per heavy atom. The fraction of sp³-hybridized carbons (Fsp3) is 0.538. The molecule has 1 aromatic rings. The minimum Gasteiger partial charge on any atom is -0.389 e. The zero-order valence-corrected chi connectivity index (χ0v) is 12.3. The number of anilines is 1. The van der Waals surface area contributed by atoms with E-state index in [2.05, 4.69) is 5.32 Å². The van der Waals surface area contributed by atoms with Gasteiger partial charge in [0.2, 0.25) is 5.91 Å². The van der Waals surface area contributed by atoms with Gasteiger partial charge in [0.05, 0.1) is 11.2 Å². The van der Waals surface area contributed by atoms with Crippen LogP contribution in [-0.4, -0.2) is 41.7 Å². The predicted octanol–water partition coefficient (Wildman–Crippen LogP) is 1.65. The van der Waals surface area contributed by atoms with Gasteiger partial charge in [0.1, 0.15) is 11.1 Å². The van der Waals surface area contributed by atoms with E-state index in [1.807, 2.05) is 18.0 Å². The van der Waals surface area contributed by atoms with Crippen LogP contribution < -0.4 is 5.32 Å². The second kappa shape index (κ2) is 6.66. The molecule has 0 saturated heterocycles. The first-order valence-electron chi connectivity index (χ1n) is 6.00. The first-order valence-corrected chi connectivity index (χ1v) is 6.88. The maximum Gasteiger partial charge on any atom is 0.226 e. The van der Waals surface area contributed by atoms with Gasteiger partial charge in [0, 0.05) is 19.5 Å². The number of carbonyl (C=O) groups is 1. The lowest BCUT2D eigenvalue weighted by Gasteiger charge is -2.25. The smallest absolute Gasteiger partial charge is 0.226 e. The summed E-state index contributed by atoms with van der Waals surface area (Å²) in [6, 6.07) is 3.71. The van der Waals surface area contributed by atoms with Crippen molar-refractivity contribution in [3.8, 4) is 6.07 Å². The fourth-order valence-corrected chi connectivity index (χ4v) is 2.47. The van der Waals surface area contributed by atoms with Crippen LogP contribution in [0.15, 0.2) is 11.4 Å². The van der Waals surface area contributed by atoms with Crippen LogP contribution >= 0.6 is 11.3 Å². The van der Waals surface area contributed by atoms with E-state index < -0.39 is 5.60 Å². The number of nitrogens with one attached hydrogen (secondary N) is 1. The molecule has 0 bridgehead atoms. The Kier molecular flexibility index (Phi) is 5.48. The minimum absolute atomic E-state index is 0.124. The maximum absolute atomic E-state index is 11.7. The van der Waals surface area contributed by atoms with Crippen molar-refractivity contribution in [3.63, 3.8) is 0 Å². The van der Waals surface area contributed by atoms with Gasteiger partial charge in [-0.3, -0.25) is 4.79 Å². The molecule has 104 valence electrons. The lowest BCUT2D eigenvalue weighted by molar-refractivity contribution is -0.116. The van der Waals surface area contributed by atoms with E-state index >= 15 is 0 Å². The number of thiophene rings is 1. The van der Waals surface area contributed by atoms with E-state index in [1.54, 1.807) is 25.3 Å². The monoisotopic (exact) mass is 281 g/mol. The SMILES string of the molecule is CN(CCC(=O)Nc1sccc1C#N)CC(C)(C)O. The number of aliphatic hydroxyl groups is 1. The zero-order chi connectivity index (χ0) is 14.5. The highest BCUT2D eigenvalue weighted by Gasteiger charge is 2.16. The summed E-state index contributed by atoms with van der Waals surface area (Å²) in [5, 5.41) is 23.6. The van der Waals surface area contributed by atoms with Gasteiger partial charge in [-0.2, -0.15) is 5.26 Å². The number of rotatable bonds is 6. The third kappa shape index (κ3) is 5.83. The summed E-state index contributed by atoms with van der Waals surface area (Å²) < 4.78 is 0. The Morgan fingerprint density at radius 3 is 2.89 bits per heavy atom. The average molecular weight is 281 g/mol. The zero-order valence-electron chi connectivity index (χ0n) is 11.4. The lowest BCUT2D eigenvalue weighted by Crippen LogP contribution is -2.37. The molecular weight excluding hydrogens is 262 g/mol. The second-order valence-corrected chi connectivity index (χ2v) is 6.04. The third-order valence-corrected chi connectivity index (χ3v) is 3.25. The number of nitrogens with zero attached hydrogens (tertiary/aromatic N) is 2. The molecule has 0 unspecified atom stereocenters.